The van der Waals surface area contributed by atoms with Crippen molar-refractivity contribution in [3.8, 4) is 5.75 Å². The van der Waals surface area contributed by atoms with E-state index in [1.165, 1.54) is 18.4 Å². The maximum Gasteiger partial charge on any atom is 0.194 e. The van der Waals surface area contributed by atoms with Gasteiger partial charge >= 0.3 is 0 Å². The van der Waals surface area contributed by atoms with Crippen molar-refractivity contribution >= 4 is 5.96 Å². The van der Waals surface area contributed by atoms with E-state index < -0.39 is 0 Å². The van der Waals surface area contributed by atoms with Gasteiger partial charge in [-0.3, -0.25) is 4.99 Å². The standard InChI is InChI=1S/C15H21N3O/c1-18-7-6-16-15(18)17-13-8-12(9-13)11-4-3-5-14(10-11)19-2/h3-5,10,12-13H,6-9H2,1-2H3,(H,16,17). The normalized spacial score (nSPS) is 25.8. The van der Waals surface area contributed by atoms with Crippen LogP contribution in [0.4, 0.5) is 0 Å². The van der Waals surface area contributed by atoms with Crippen LogP contribution in [0.25, 0.3) is 0 Å². The summed E-state index contributed by atoms with van der Waals surface area (Å²) in [5, 5.41) is 3.54. The molecule has 1 aliphatic heterocycles. The van der Waals surface area contributed by atoms with Crippen molar-refractivity contribution in [1.29, 1.82) is 0 Å². The fraction of sp³-hybridized carbons (Fsp3) is 0.533. The number of ether oxygens (including phenoxy) is 1. The fourth-order valence-electron chi connectivity index (χ4n) is 2.77. The predicted molar refractivity (Wildman–Crippen MR) is 76.8 cm³/mol. The van der Waals surface area contributed by atoms with Crippen LogP contribution in [0.15, 0.2) is 29.3 Å². The first-order valence-electron chi connectivity index (χ1n) is 6.92. The summed E-state index contributed by atoms with van der Waals surface area (Å²) in [4.78, 5) is 6.67. The summed E-state index contributed by atoms with van der Waals surface area (Å²) in [5.41, 5.74) is 1.39. The molecule has 1 fully saturated rings. The lowest BCUT2D eigenvalue weighted by Gasteiger charge is -2.37. The van der Waals surface area contributed by atoms with Crippen LogP contribution in [0.2, 0.25) is 0 Å². The molecule has 102 valence electrons. The Morgan fingerprint density at radius 3 is 2.89 bits per heavy atom. The molecule has 0 spiro atoms. The van der Waals surface area contributed by atoms with Crippen LogP contribution in [0.5, 0.6) is 5.75 Å². The van der Waals surface area contributed by atoms with Gasteiger partial charge in [0.25, 0.3) is 0 Å². The Balaban J connectivity index is 1.54. The zero-order chi connectivity index (χ0) is 13.2. The van der Waals surface area contributed by atoms with Crippen molar-refractivity contribution in [2.45, 2.75) is 24.8 Å². The van der Waals surface area contributed by atoms with Crippen molar-refractivity contribution in [2.24, 2.45) is 4.99 Å². The molecule has 4 heteroatoms. The maximum absolute atomic E-state index is 5.28. The predicted octanol–water partition coefficient (Wildman–Crippen LogP) is 1.83. The zero-order valence-electron chi connectivity index (χ0n) is 11.6. The number of hydrogen-bond donors (Lipinski definition) is 1. The van der Waals surface area contributed by atoms with E-state index in [4.69, 9.17) is 4.74 Å². The van der Waals surface area contributed by atoms with E-state index in [-0.39, 0.29) is 0 Å². The van der Waals surface area contributed by atoms with Gasteiger partial charge < -0.3 is 15.0 Å². The van der Waals surface area contributed by atoms with Gasteiger partial charge in [-0.25, -0.2) is 0 Å². The third kappa shape index (κ3) is 2.53. The molecular weight excluding hydrogens is 238 g/mol. The summed E-state index contributed by atoms with van der Waals surface area (Å²) in [6.07, 6.45) is 2.36. The van der Waals surface area contributed by atoms with E-state index in [1.54, 1.807) is 7.11 Å². The molecule has 0 bridgehead atoms. The molecule has 3 rings (SSSR count). The highest BCUT2D eigenvalue weighted by molar-refractivity contribution is 5.81. The van der Waals surface area contributed by atoms with Gasteiger partial charge in [0.15, 0.2) is 5.96 Å². The summed E-state index contributed by atoms with van der Waals surface area (Å²) in [6, 6.07) is 8.99. The average Bonchev–Trinajstić information content (AvgIpc) is 2.79. The topological polar surface area (TPSA) is 36.9 Å². The van der Waals surface area contributed by atoms with Gasteiger partial charge in [0.2, 0.25) is 0 Å². The van der Waals surface area contributed by atoms with Crippen LogP contribution >= 0.6 is 0 Å². The van der Waals surface area contributed by atoms with Gasteiger partial charge in [0, 0.05) is 19.6 Å². The largest absolute Gasteiger partial charge is 0.497 e. The molecule has 0 amide bonds. The number of hydrogen-bond acceptors (Lipinski definition) is 4. The molecule has 4 nitrogen and oxygen atoms in total. The minimum atomic E-state index is 0.565. The number of aliphatic imine (C=N–C) groups is 1. The fourth-order valence-corrected chi connectivity index (χ4v) is 2.77. The molecule has 0 aromatic heterocycles. The molecular formula is C15H21N3O. The third-order valence-electron chi connectivity index (χ3n) is 4.10. The summed E-state index contributed by atoms with van der Waals surface area (Å²) < 4.78 is 5.28. The van der Waals surface area contributed by atoms with Crippen LogP contribution in [0.3, 0.4) is 0 Å². The smallest absolute Gasteiger partial charge is 0.194 e. The van der Waals surface area contributed by atoms with Crippen LogP contribution in [0, 0.1) is 0 Å². The van der Waals surface area contributed by atoms with Crippen LogP contribution in [-0.2, 0) is 0 Å². The first kappa shape index (κ1) is 12.3. The molecule has 2 aliphatic rings. The van der Waals surface area contributed by atoms with Gasteiger partial charge in [0.1, 0.15) is 5.75 Å². The van der Waals surface area contributed by atoms with Crippen molar-refractivity contribution in [1.82, 2.24) is 10.2 Å². The molecule has 0 saturated heterocycles. The molecule has 0 radical (unpaired) electrons. The molecule has 1 saturated carbocycles. The van der Waals surface area contributed by atoms with Gasteiger partial charge in [-0.05, 0) is 36.5 Å². The van der Waals surface area contributed by atoms with Crippen molar-refractivity contribution in [2.75, 3.05) is 27.2 Å². The lowest BCUT2D eigenvalue weighted by Crippen LogP contribution is -2.47. The Labute approximate surface area is 114 Å². The molecule has 19 heavy (non-hydrogen) atoms. The van der Waals surface area contributed by atoms with Gasteiger partial charge in [-0.2, -0.15) is 0 Å². The maximum atomic E-state index is 5.28. The highest BCUT2D eigenvalue weighted by atomic mass is 16.5. The van der Waals surface area contributed by atoms with E-state index in [9.17, 15) is 0 Å². The highest BCUT2D eigenvalue weighted by Gasteiger charge is 2.32. The first-order valence-corrected chi connectivity index (χ1v) is 6.92. The molecule has 1 heterocycles. The van der Waals surface area contributed by atoms with Crippen LogP contribution < -0.4 is 10.1 Å². The third-order valence-corrected chi connectivity index (χ3v) is 4.10. The number of rotatable bonds is 3. The average molecular weight is 259 g/mol. The number of benzene rings is 1. The second-order valence-corrected chi connectivity index (χ2v) is 5.41. The molecule has 1 aliphatic carbocycles. The van der Waals surface area contributed by atoms with Crippen LogP contribution in [0.1, 0.15) is 24.3 Å². The van der Waals surface area contributed by atoms with Gasteiger partial charge in [-0.1, -0.05) is 12.1 Å². The van der Waals surface area contributed by atoms with Crippen LogP contribution in [-0.4, -0.2) is 44.1 Å². The van der Waals surface area contributed by atoms with Crippen molar-refractivity contribution in [3.05, 3.63) is 29.8 Å². The SMILES string of the molecule is COc1cccc(C2CC(NC3=NCCN3C)C2)c1. The second-order valence-electron chi connectivity index (χ2n) is 5.41. The summed E-state index contributed by atoms with van der Waals surface area (Å²) in [5.74, 6) is 2.67. The van der Waals surface area contributed by atoms with Gasteiger partial charge in [-0.15, -0.1) is 0 Å². The number of nitrogens with one attached hydrogen (secondary N) is 1. The number of nitrogens with zero attached hydrogens (tertiary/aromatic N) is 2. The van der Waals surface area contributed by atoms with Crippen molar-refractivity contribution in [3.63, 3.8) is 0 Å². The first-order chi connectivity index (χ1) is 9.26. The second kappa shape index (κ2) is 5.11. The molecule has 0 unspecified atom stereocenters. The summed E-state index contributed by atoms with van der Waals surface area (Å²) >= 11 is 0. The summed E-state index contributed by atoms with van der Waals surface area (Å²) in [7, 11) is 3.81. The number of likely N-dealkylation sites (N-methyl/N-ethyl adjacent to an activating group) is 1. The number of methoxy groups -OCH3 is 1. The Bertz CT molecular complexity index is 480. The monoisotopic (exact) mass is 259 g/mol. The minimum Gasteiger partial charge on any atom is -0.497 e. The Morgan fingerprint density at radius 2 is 2.21 bits per heavy atom. The molecule has 1 aromatic rings. The lowest BCUT2D eigenvalue weighted by molar-refractivity contribution is 0.314. The zero-order valence-corrected chi connectivity index (χ0v) is 11.6. The summed E-state index contributed by atoms with van der Waals surface area (Å²) in [6.45, 7) is 1.96. The Morgan fingerprint density at radius 1 is 1.37 bits per heavy atom. The number of guanidine groups is 1. The van der Waals surface area contributed by atoms with Gasteiger partial charge in [0.05, 0.1) is 13.7 Å². The van der Waals surface area contributed by atoms with E-state index in [2.05, 4.69) is 40.5 Å². The Kier molecular flexibility index (Phi) is 3.32. The van der Waals surface area contributed by atoms with E-state index in [1.807, 2.05) is 6.07 Å². The Hall–Kier alpha value is -1.71. The highest BCUT2D eigenvalue weighted by Crippen LogP contribution is 2.38. The molecule has 1 aromatic carbocycles. The van der Waals surface area contributed by atoms with E-state index in [0.29, 0.717) is 12.0 Å². The van der Waals surface area contributed by atoms with E-state index in [0.717, 1.165) is 24.8 Å². The van der Waals surface area contributed by atoms with E-state index >= 15 is 0 Å². The quantitative estimate of drug-likeness (QED) is 0.900. The molecule has 0 atom stereocenters. The molecule has 1 N–H and O–H groups in total. The minimum absolute atomic E-state index is 0.565. The lowest BCUT2D eigenvalue weighted by atomic mass is 9.76. The van der Waals surface area contributed by atoms with Crippen molar-refractivity contribution < 1.29 is 4.74 Å².